The van der Waals surface area contributed by atoms with E-state index in [1.54, 1.807) is 0 Å². The van der Waals surface area contributed by atoms with Crippen molar-refractivity contribution < 1.29 is 12.8 Å². The van der Waals surface area contributed by atoms with Crippen molar-refractivity contribution in [2.45, 2.75) is 30.7 Å². The minimum atomic E-state index is -3.83. The Balaban J connectivity index is 2.93. The minimum absolute atomic E-state index is 0.172. The van der Waals surface area contributed by atoms with Crippen molar-refractivity contribution in [1.82, 2.24) is 4.72 Å². The molecule has 1 aromatic carbocycles. The first kappa shape index (κ1) is 13.6. The number of nitriles is 1. The summed E-state index contributed by atoms with van der Waals surface area (Å²) in [5, 5.41) is 8.77. The molecule has 92 valence electrons. The van der Waals surface area contributed by atoms with Gasteiger partial charge in [-0.15, -0.1) is 0 Å². The van der Waals surface area contributed by atoms with Crippen LogP contribution in [0.4, 0.5) is 4.39 Å². The van der Waals surface area contributed by atoms with E-state index < -0.39 is 21.9 Å². The fourth-order valence-corrected chi connectivity index (χ4v) is 2.53. The fourth-order valence-electron chi connectivity index (χ4n) is 1.33. The monoisotopic (exact) mass is 256 g/mol. The van der Waals surface area contributed by atoms with E-state index in [0.717, 1.165) is 12.1 Å². The molecule has 0 heterocycles. The van der Waals surface area contributed by atoms with Gasteiger partial charge in [0.2, 0.25) is 10.0 Å². The van der Waals surface area contributed by atoms with E-state index in [2.05, 4.69) is 4.72 Å². The highest BCUT2D eigenvalue weighted by Crippen LogP contribution is 2.11. The number of benzene rings is 1. The molecule has 0 spiro atoms. The lowest BCUT2D eigenvalue weighted by Crippen LogP contribution is -2.33. The lowest BCUT2D eigenvalue weighted by molar-refractivity contribution is 0.560. The van der Waals surface area contributed by atoms with E-state index >= 15 is 0 Å². The van der Waals surface area contributed by atoms with Gasteiger partial charge in [-0.2, -0.15) is 9.98 Å². The zero-order chi connectivity index (χ0) is 12.9. The van der Waals surface area contributed by atoms with E-state index in [-0.39, 0.29) is 4.90 Å². The standard InChI is InChI=1S/C11H13FN2O2S/c1-2-4-10(8-13)14-17(15,16)11-6-3-5-9(12)7-11/h3,5-7,10,14H,2,4H2,1H3. The second kappa shape index (κ2) is 5.75. The number of nitrogens with zero attached hydrogens (tertiary/aromatic N) is 1. The van der Waals surface area contributed by atoms with E-state index in [4.69, 9.17) is 5.26 Å². The van der Waals surface area contributed by atoms with Crippen molar-refractivity contribution in [2.24, 2.45) is 0 Å². The molecule has 4 nitrogen and oxygen atoms in total. The molecule has 0 amide bonds. The highest BCUT2D eigenvalue weighted by molar-refractivity contribution is 7.89. The van der Waals surface area contributed by atoms with Gasteiger partial charge >= 0.3 is 0 Å². The van der Waals surface area contributed by atoms with Crippen LogP contribution in [0.5, 0.6) is 0 Å². The van der Waals surface area contributed by atoms with E-state index in [9.17, 15) is 12.8 Å². The first-order valence-electron chi connectivity index (χ1n) is 5.17. The molecule has 1 N–H and O–H groups in total. The zero-order valence-corrected chi connectivity index (χ0v) is 10.2. The molecule has 0 fully saturated rings. The van der Waals surface area contributed by atoms with Gasteiger partial charge in [0.25, 0.3) is 0 Å². The maximum atomic E-state index is 12.9. The molecule has 0 aliphatic heterocycles. The van der Waals surface area contributed by atoms with Crippen LogP contribution in [0.25, 0.3) is 0 Å². The smallest absolute Gasteiger partial charge is 0.207 e. The number of nitrogens with one attached hydrogen (secondary N) is 1. The van der Waals surface area contributed by atoms with Gasteiger partial charge < -0.3 is 0 Å². The first-order valence-corrected chi connectivity index (χ1v) is 6.65. The van der Waals surface area contributed by atoms with E-state index in [0.29, 0.717) is 12.8 Å². The van der Waals surface area contributed by atoms with Crippen LogP contribution in [0.2, 0.25) is 0 Å². The van der Waals surface area contributed by atoms with Crippen molar-refractivity contribution in [3.8, 4) is 6.07 Å². The van der Waals surface area contributed by atoms with Crippen LogP contribution >= 0.6 is 0 Å². The van der Waals surface area contributed by atoms with Gasteiger partial charge in [-0.05, 0) is 24.6 Å². The van der Waals surface area contributed by atoms with E-state index in [1.807, 2.05) is 13.0 Å². The number of hydrogen-bond acceptors (Lipinski definition) is 3. The number of rotatable bonds is 5. The summed E-state index contributed by atoms with van der Waals surface area (Å²) in [6.45, 7) is 1.85. The molecule has 1 unspecified atom stereocenters. The van der Waals surface area contributed by atoms with Gasteiger partial charge in [-0.25, -0.2) is 12.8 Å². The fraction of sp³-hybridized carbons (Fsp3) is 0.364. The van der Waals surface area contributed by atoms with Crippen molar-refractivity contribution in [3.05, 3.63) is 30.1 Å². The zero-order valence-electron chi connectivity index (χ0n) is 9.35. The molecule has 0 aromatic heterocycles. The van der Waals surface area contributed by atoms with Crippen LogP contribution in [0.1, 0.15) is 19.8 Å². The quantitative estimate of drug-likeness (QED) is 0.873. The molecule has 0 saturated carbocycles. The molecule has 17 heavy (non-hydrogen) atoms. The Bertz CT molecular complexity index is 523. The Labute approximate surface area is 100 Å². The SMILES string of the molecule is CCCC(C#N)NS(=O)(=O)c1cccc(F)c1. The molecule has 0 aliphatic rings. The van der Waals surface area contributed by atoms with Crippen LogP contribution in [0, 0.1) is 17.1 Å². The number of sulfonamides is 1. The predicted octanol–water partition coefficient (Wildman–Crippen LogP) is 1.80. The topological polar surface area (TPSA) is 70.0 Å². The number of hydrogen-bond donors (Lipinski definition) is 1. The Morgan fingerprint density at radius 1 is 1.53 bits per heavy atom. The molecule has 1 aromatic rings. The summed E-state index contributed by atoms with van der Waals surface area (Å²) in [7, 11) is -3.83. The largest absolute Gasteiger partial charge is 0.241 e. The molecule has 0 bridgehead atoms. The van der Waals surface area contributed by atoms with Crippen LogP contribution in [0.15, 0.2) is 29.2 Å². The third-order valence-electron chi connectivity index (χ3n) is 2.14. The molecular formula is C11H13FN2O2S. The molecule has 0 radical (unpaired) electrons. The summed E-state index contributed by atoms with van der Waals surface area (Å²) in [6, 6.07) is 5.75. The van der Waals surface area contributed by atoms with Crippen LogP contribution in [-0.2, 0) is 10.0 Å². The van der Waals surface area contributed by atoms with Crippen molar-refractivity contribution in [3.63, 3.8) is 0 Å². The molecule has 1 atom stereocenters. The van der Waals surface area contributed by atoms with Gasteiger partial charge in [0.1, 0.15) is 11.9 Å². The summed E-state index contributed by atoms with van der Waals surface area (Å²) in [5.41, 5.74) is 0. The van der Waals surface area contributed by atoms with Crippen LogP contribution in [-0.4, -0.2) is 14.5 Å². The third kappa shape index (κ3) is 3.80. The second-order valence-electron chi connectivity index (χ2n) is 3.55. The van der Waals surface area contributed by atoms with E-state index in [1.165, 1.54) is 12.1 Å². The van der Waals surface area contributed by atoms with Crippen molar-refractivity contribution in [2.75, 3.05) is 0 Å². The molecule has 0 saturated heterocycles. The average Bonchev–Trinajstić information content (AvgIpc) is 2.28. The summed E-state index contributed by atoms with van der Waals surface area (Å²) in [4.78, 5) is -0.172. The van der Waals surface area contributed by atoms with Gasteiger partial charge in [0, 0.05) is 0 Å². The molecular weight excluding hydrogens is 243 g/mol. The molecule has 1 rings (SSSR count). The third-order valence-corrected chi connectivity index (χ3v) is 3.61. The number of halogens is 1. The summed E-state index contributed by atoms with van der Waals surface area (Å²) in [5.74, 6) is -0.628. The second-order valence-corrected chi connectivity index (χ2v) is 5.26. The predicted molar refractivity (Wildman–Crippen MR) is 61.0 cm³/mol. The summed E-state index contributed by atoms with van der Waals surface area (Å²) in [6.07, 6.45) is 1.11. The highest BCUT2D eigenvalue weighted by atomic mass is 32.2. The lowest BCUT2D eigenvalue weighted by atomic mass is 10.2. The molecule has 0 aliphatic carbocycles. The van der Waals surface area contributed by atoms with Gasteiger partial charge in [0.15, 0.2) is 0 Å². The van der Waals surface area contributed by atoms with Crippen molar-refractivity contribution >= 4 is 10.0 Å². The maximum absolute atomic E-state index is 12.9. The first-order chi connectivity index (χ1) is 7.99. The highest BCUT2D eigenvalue weighted by Gasteiger charge is 2.19. The minimum Gasteiger partial charge on any atom is -0.207 e. The van der Waals surface area contributed by atoms with Crippen molar-refractivity contribution in [1.29, 1.82) is 5.26 Å². The van der Waals surface area contributed by atoms with Gasteiger partial charge in [0.05, 0.1) is 11.0 Å². The average molecular weight is 256 g/mol. The Morgan fingerprint density at radius 3 is 2.76 bits per heavy atom. The molecule has 6 heteroatoms. The van der Waals surface area contributed by atoms with Crippen LogP contribution in [0.3, 0.4) is 0 Å². The summed E-state index contributed by atoms with van der Waals surface area (Å²) >= 11 is 0. The van der Waals surface area contributed by atoms with Crippen LogP contribution < -0.4 is 4.72 Å². The normalized spacial score (nSPS) is 13.0. The lowest BCUT2D eigenvalue weighted by Gasteiger charge is -2.11. The van der Waals surface area contributed by atoms with Gasteiger partial charge in [-0.3, -0.25) is 0 Å². The Morgan fingerprint density at radius 2 is 2.24 bits per heavy atom. The Hall–Kier alpha value is -1.45. The maximum Gasteiger partial charge on any atom is 0.241 e. The Kier molecular flexibility index (Phi) is 4.61. The summed E-state index contributed by atoms with van der Waals surface area (Å²) < 4.78 is 38.7. The van der Waals surface area contributed by atoms with Gasteiger partial charge in [-0.1, -0.05) is 19.4 Å².